The summed E-state index contributed by atoms with van der Waals surface area (Å²) < 4.78 is 22.5. The maximum atomic E-state index is 12.1. The molecule has 0 heterocycles. The van der Waals surface area contributed by atoms with Crippen LogP contribution in [-0.4, -0.2) is 14.3 Å². The van der Waals surface area contributed by atoms with Gasteiger partial charge in [0.25, 0.3) is 0 Å². The number of benzene rings is 1. The van der Waals surface area contributed by atoms with Gasteiger partial charge in [0.1, 0.15) is 4.90 Å². The highest BCUT2D eigenvalue weighted by molar-refractivity contribution is 7.89. The second-order valence-electron chi connectivity index (χ2n) is 5.46. The Balaban J connectivity index is 1.72. The van der Waals surface area contributed by atoms with Gasteiger partial charge < -0.3 is 5.32 Å². The molecular formula is C13H15ClN2O3S. The van der Waals surface area contributed by atoms with E-state index in [9.17, 15) is 13.2 Å². The van der Waals surface area contributed by atoms with E-state index >= 15 is 0 Å². The molecule has 0 bridgehead atoms. The van der Waals surface area contributed by atoms with E-state index in [0.29, 0.717) is 17.5 Å². The van der Waals surface area contributed by atoms with Crippen LogP contribution in [0, 0.1) is 17.8 Å². The molecule has 0 aromatic heterocycles. The molecular weight excluding hydrogens is 300 g/mol. The summed E-state index contributed by atoms with van der Waals surface area (Å²) in [7, 11) is -3.84. The Morgan fingerprint density at radius 2 is 1.95 bits per heavy atom. The van der Waals surface area contributed by atoms with E-state index in [4.69, 9.17) is 16.7 Å². The number of hydrogen-bond acceptors (Lipinski definition) is 3. The number of halogens is 1. The lowest BCUT2D eigenvalue weighted by atomic mass is 10.1. The number of primary sulfonamides is 1. The van der Waals surface area contributed by atoms with Gasteiger partial charge in [-0.15, -0.1) is 0 Å². The number of fused-ring (bicyclic) bond motifs is 1. The van der Waals surface area contributed by atoms with Crippen LogP contribution >= 0.6 is 11.6 Å². The van der Waals surface area contributed by atoms with E-state index in [-0.39, 0.29) is 21.7 Å². The molecule has 1 amide bonds. The third-order valence-electron chi connectivity index (χ3n) is 4.22. The van der Waals surface area contributed by atoms with E-state index in [0.717, 1.165) is 12.8 Å². The number of amides is 1. The quantitative estimate of drug-likeness (QED) is 0.894. The number of sulfonamides is 1. The smallest absolute Gasteiger partial charge is 0.239 e. The molecule has 3 rings (SSSR count). The van der Waals surface area contributed by atoms with Gasteiger partial charge in [0.2, 0.25) is 15.9 Å². The monoisotopic (exact) mass is 314 g/mol. The van der Waals surface area contributed by atoms with E-state index in [1.54, 1.807) is 0 Å². The Hall–Kier alpha value is -1.11. The number of hydrogen-bond donors (Lipinski definition) is 2. The highest BCUT2D eigenvalue weighted by Gasteiger charge is 2.56. The average Bonchev–Trinajstić information content (AvgIpc) is 2.82. The van der Waals surface area contributed by atoms with Crippen LogP contribution in [0.15, 0.2) is 23.1 Å². The number of nitrogens with two attached hydrogens (primary N) is 1. The minimum Gasteiger partial charge on any atom is -0.326 e. The van der Waals surface area contributed by atoms with Crippen LogP contribution < -0.4 is 10.5 Å². The molecule has 5 nitrogen and oxygen atoms in total. The molecule has 2 aliphatic carbocycles. The van der Waals surface area contributed by atoms with Crippen molar-refractivity contribution in [2.24, 2.45) is 22.9 Å². The normalized spacial score (nSPS) is 28.0. The van der Waals surface area contributed by atoms with Gasteiger partial charge in [0.15, 0.2) is 0 Å². The lowest BCUT2D eigenvalue weighted by Gasteiger charge is -2.08. The van der Waals surface area contributed by atoms with Crippen molar-refractivity contribution < 1.29 is 13.2 Å². The first-order chi connectivity index (χ1) is 9.38. The van der Waals surface area contributed by atoms with Crippen LogP contribution in [-0.2, 0) is 14.8 Å². The fourth-order valence-electron chi connectivity index (χ4n) is 3.25. The zero-order valence-corrected chi connectivity index (χ0v) is 12.2. The number of carbonyl (C=O) groups is 1. The fraction of sp³-hybridized carbons (Fsp3) is 0.462. The fourth-order valence-corrected chi connectivity index (χ4v) is 4.34. The van der Waals surface area contributed by atoms with Crippen molar-refractivity contribution in [2.75, 3.05) is 5.32 Å². The summed E-state index contributed by atoms with van der Waals surface area (Å²) in [5.74, 6) is 1.18. The second-order valence-corrected chi connectivity index (χ2v) is 7.40. The summed E-state index contributed by atoms with van der Waals surface area (Å²) in [6.45, 7) is 0. The molecule has 2 aliphatic rings. The Labute approximate surface area is 122 Å². The molecule has 1 aromatic carbocycles. The summed E-state index contributed by atoms with van der Waals surface area (Å²) in [5, 5.41) is 7.84. The zero-order valence-electron chi connectivity index (χ0n) is 10.7. The Kier molecular flexibility index (Phi) is 3.27. The van der Waals surface area contributed by atoms with Crippen molar-refractivity contribution in [3.05, 3.63) is 23.2 Å². The van der Waals surface area contributed by atoms with Crippen molar-refractivity contribution in [1.82, 2.24) is 0 Å². The molecule has 2 saturated carbocycles. The third-order valence-corrected chi connectivity index (χ3v) is 5.61. The van der Waals surface area contributed by atoms with Gasteiger partial charge in [-0.1, -0.05) is 18.0 Å². The minimum atomic E-state index is -3.84. The third kappa shape index (κ3) is 2.43. The van der Waals surface area contributed by atoms with Crippen LogP contribution in [0.3, 0.4) is 0 Å². The highest BCUT2D eigenvalue weighted by atomic mass is 35.5. The largest absolute Gasteiger partial charge is 0.326 e. The first-order valence-electron chi connectivity index (χ1n) is 6.51. The molecule has 2 fully saturated rings. The van der Waals surface area contributed by atoms with Gasteiger partial charge in [0.05, 0.1) is 5.02 Å². The van der Waals surface area contributed by atoms with Crippen LogP contribution in [0.5, 0.6) is 0 Å². The molecule has 108 valence electrons. The molecule has 2 unspecified atom stereocenters. The van der Waals surface area contributed by atoms with Crippen molar-refractivity contribution >= 4 is 33.2 Å². The summed E-state index contributed by atoms with van der Waals surface area (Å²) in [5.41, 5.74) is 0.498. The molecule has 0 spiro atoms. The molecule has 2 atom stereocenters. The average molecular weight is 315 g/mol. The molecule has 0 saturated heterocycles. The van der Waals surface area contributed by atoms with Crippen molar-refractivity contribution in [3.8, 4) is 0 Å². The lowest BCUT2D eigenvalue weighted by Crippen LogP contribution is -2.17. The zero-order chi connectivity index (χ0) is 14.5. The molecule has 7 heteroatoms. The van der Waals surface area contributed by atoms with Gasteiger partial charge in [-0.25, -0.2) is 13.6 Å². The highest BCUT2D eigenvalue weighted by Crippen LogP contribution is 2.57. The van der Waals surface area contributed by atoms with Crippen molar-refractivity contribution in [3.63, 3.8) is 0 Å². The van der Waals surface area contributed by atoms with Crippen molar-refractivity contribution in [1.29, 1.82) is 0 Å². The van der Waals surface area contributed by atoms with Crippen LogP contribution in [0.25, 0.3) is 0 Å². The number of nitrogens with one attached hydrogen (secondary N) is 1. The number of carbonyl (C=O) groups excluding carboxylic acids is 1. The van der Waals surface area contributed by atoms with Gasteiger partial charge in [-0.3, -0.25) is 4.79 Å². The topological polar surface area (TPSA) is 89.3 Å². The van der Waals surface area contributed by atoms with E-state index < -0.39 is 10.0 Å². The molecule has 20 heavy (non-hydrogen) atoms. The molecule has 1 aromatic rings. The van der Waals surface area contributed by atoms with Crippen molar-refractivity contribution in [2.45, 2.75) is 24.2 Å². The Bertz CT molecular complexity index is 664. The summed E-state index contributed by atoms with van der Waals surface area (Å²) >= 11 is 5.88. The van der Waals surface area contributed by atoms with Gasteiger partial charge in [-0.2, -0.15) is 0 Å². The van der Waals surface area contributed by atoms with Crippen LogP contribution in [0.1, 0.15) is 19.3 Å². The van der Waals surface area contributed by atoms with E-state index in [1.807, 2.05) is 0 Å². The molecule has 0 radical (unpaired) electrons. The first-order valence-corrected chi connectivity index (χ1v) is 8.43. The molecule has 0 aliphatic heterocycles. The maximum Gasteiger partial charge on any atom is 0.239 e. The Morgan fingerprint density at radius 1 is 1.30 bits per heavy atom. The summed E-state index contributed by atoms with van der Waals surface area (Å²) in [6, 6.07) is 4.22. The van der Waals surface area contributed by atoms with Gasteiger partial charge in [-0.05, 0) is 42.9 Å². The SMILES string of the molecule is NS(=O)(=O)c1ccc(NC(=O)C2C3CCCC32)cc1Cl. The lowest BCUT2D eigenvalue weighted by molar-refractivity contribution is -0.118. The molecule has 3 N–H and O–H groups in total. The summed E-state index contributed by atoms with van der Waals surface area (Å²) in [6.07, 6.45) is 3.48. The Morgan fingerprint density at radius 3 is 2.50 bits per heavy atom. The standard InChI is InChI=1S/C13H15ClN2O3S/c14-10-6-7(4-5-11(10)20(15,18)19)16-13(17)12-8-2-1-3-9(8)12/h4-6,8-9,12H,1-3H2,(H,16,17)(H2,15,18,19). The second kappa shape index (κ2) is 4.72. The van der Waals surface area contributed by atoms with Gasteiger partial charge >= 0.3 is 0 Å². The maximum absolute atomic E-state index is 12.1. The van der Waals surface area contributed by atoms with Gasteiger partial charge in [0, 0.05) is 11.6 Å². The van der Waals surface area contributed by atoms with E-state index in [2.05, 4.69) is 5.32 Å². The van der Waals surface area contributed by atoms with E-state index in [1.165, 1.54) is 24.6 Å². The van der Waals surface area contributed by atoms with Crippen LogP contribution in [0.2, 0.25) is 5.02 Å². The number of rotatable bonds is 3. The summed E-state index contributed by atoms with van der Waals surface area (Å²) in [4.78, 5) is 11.9. The van der Waals surface area contributed by atoms with Crippen LogP contribution in [0.4, 0.5) is 5.69 Å². The minimum absolute atomic E-state index is 0.000813. The predicted octanol–water partition coefficient (Wildman–Crippen LogP) is 1.97. The number of anilines is 1. The predicted molar refractivity (Wildman–Crippen MR) is 75.8 cm³/mol. The first kappa shape index (κ1) is 13.9.